The van der Waals surface area contributed by atoms with Crippen LogP contribution in [0.5, 0.6) is 0 Å². The van der Waals surface area contributed by atoms with E-state index in [1.54, 1.807) is 24.3 Å². The fourth-order valence-electron chi connectivity index (χ4n) is 4.15. The van der Waals surface area contributed by atoms with Crippen molar-refractivity contribution in [1.82, 2.24) is 20.4 Å². The number of hydrogen-bond acceptors (Lipinski definition) is 4. The van der Waals surface area contributed by atoms with Crippen molar-refractivity contribution >= 4 is 41.8 Å². The molecular weight excluding hydrogens is 505 g/mol. The van der Waals surface area contributed by atoms with E-state index in [1.807, 2.05) is 0 Å². The molecule has 31 heavy (non-hydrogen) atoms. The van der Waals surface area contributed by atoms with Gasteiger partial charge in [-0.3, -0.25) is 19.5 Å². The average Bonchev–Trinajstić information content (AvgIpc) is 3.00. The summed E-state index contributed by atoms with van der Waals surface area (Å²) in [5.74, 6) is 0.513. The number of piperidine rings is 1. The zero-order chi connectivity index (χ0) is 21.3. The smallest absolute Gasteiger partial charge is 0.261 e. The third-order valence-corrected chi connectivity index (χ3v) is 5.75. The predicted molar refractivity (Wildman–Crippen MR) is 135 cm³/mol. The average molecular weight is 541 g/mol. The number of aliphatic imine (C=N–C) groups is 1. The monoisotopic (exact) mass is 541 g/mol. The zero-order valence-corrected chi connectivity index (χ0v) is 21.1. The largest absolute Gasteiger partial charge is 0.357 e. The van der Waals surface area contributed by atoms with E-state index < -0.39 is 0 Å². The number of carbonyl (C=O) groups excluding carboxylic acids is 2. The van der Waals surface area contributed by atoms with Gasteiger partial charge in [-0.15, -0.1) is 24.0 Å². The first-order valence-corrected chi connectivity index (χ1v) is 11.4. The highest BCUT2D eigenvalue weighted by atomic mass is 127. The van der Waals surface area contributed by atoms with Crippen molar-refractivity contribution in [3.63, 3.8) is 0 Å². The zero-order valence-electron chi connectivity index (χ0n) is 18.7. The molecule has 8 heteroatoms. The first kappa shape index (κ1) is 25.6. The fourth-order valence-corrected chi connectivity index (χ4v) is 4.15. The molecule has 0 saturated carbocycles. The SMILES string of the molecule is CCCN1CCC(NC(=NCCCCN2C(=O)c3ccccc3C2=O)NCC)CC1.I. The van der Waals surface area contributed by atoms with E-state index in [2.05, 4.69) is 29.4 Å². The van der Waals surface area contributed by atoms with Crippen molar-refractivity contribution in [2.24, 2.45) is 4.99 Å². The van der Waals surface area contributed by atoms with Crippen LogP contribution in [0, 0.1) is 0 Å². The molecule has 0 radical (unpaired) electrons. The molecule has 1 fully saturated rings. The number of likely N-dealkylation sites (tertiary alicyclic amines) is 1. The van der Waals surface area contributed by atoms with Gasteiger partial charge in [-0.05, 0) is 57.7 Å². The van der Waals surface area contributed by atoms with Crippen LogP contribution in [0.1, 0.15) is 66.7 Å². The summed E-state index contributed by atoms with van der Waals surface area (Å²) in [7, 11) is 0. The van der Waals surface area contributed by atoms with Gasteiger partial charge in [0.15, 0.2) is 5.96 Å². The number of amides is 2. The standard InChI is InChI=1S/C23H35N5O2.HI/c1-3-14-27-16-11-18(12-17-27)26-23(24-4-2)25-13-7-8-15-28-21(29)19-9-5-6-10-20(19)22(28)30;/h5-6,9-10,18H,3-4,7-8,11-17H2,1-2H3,(H2,24,25,26);1H. The van der Waals surface area contributed by atoms with Gasteiger partial charge in [0.25, 0.3) is 11.8 Å². The van der Waals surface area contributed by atoms with E-state index in [0.29, 0.717) is 30.3 Å². The number of hydrogen-bond donors (Lipinski definition) is 2. The number of benzene rings is 1. The Morgan fingerprint density at radius 1 is 1.03 bits per heavy atom. The van der Waals surface area contributed by atoms with Gasteiger partial charge < -0.3 is 15.5 Å². The fraction of sp³-hybridized carbons (Fsp3) is 0.609. The molecule has 0 spiro atoms. The summed E-state index contributed by atoms with van der Waals surface area (Å²) >= 11 is 0. The van der Waals surface area contributed by atoms with Gasteiger partial charge in [-0.1, -0.05) is 19.1 Å². The second kappa shape index (κ2) is 13.0. The Hall–Kier alpha value is -1.68. The Balaban J connectivity index is 0.00000341. The minimum Gasteiger partial charge on any atom is -0.357 e. The van der Waals surface area contributed by atoms with Gasteiger partial charge in [0.1, 0.15) is 0 Å². The number of rotatable bonds is 9. The van der Waals surface area contributed by atoms with Crippen LogP contribution in [0.25, 0.3) is 0 Å². The Morgan fingerprint density at radius 3 is 2.26 bits per heavy atom. The number of carbonyl (C=O) groups is 2. The Labute approximate surface area is 203 Å². The lowest BCUT2D eigenvalue weighted by Crippen LogP contribution is -2.48. The summed E-state index contributed by atoms with van der Waals surface area (Å²) < 4.78 is 0. The minimum absolute atomic E-state index is 0. The van der Waals surface area contributed by atoms with Crippen molar-refractivity contribution in [3.05, 3.63) is 35.4 Å². The molecule has 0 aliphatic carbocycles. The van der Waals surface area contributed by atoms with Gasteiger partial charge in [0.05, 0.1) is 11.1 Å². The molecule has 0 aromatic heterocycles. The lowest BCUT2D eigenvalue weighted by Gasteiger charge is -2.32. The Bertz CT molecular complexity index is 727. The highest BCUT2D eigenvalue weighted by molar-refractivity contribution is 14.0. The molecule has 3 rings (SSSR count). The van der Waals surface area contributed by atoms with E-state index in [9.17, 15) is 9.59 Å². The number of fused-ring (bicyclic) bond motifs is 1. The maximum Gasteiger partial charge on any atom is 0.261 e. The number of nitrogens with one attached hydrogen (secondary N) is 2. The first-order valence-electron chi connectivity index (χ1n) is 11.4. The number of imide groups is 1. The van der Waals surface area contributed by atoms with Crippen molar-refractivity contribution in [1.29, 1.82) is 0 Å². The van der Waals surface area contributed by atoms with E-state index in [0.717, 1.165) is 51.3 Å². The van der Waals surface area contributed by atoms with Crippen LogP contribution < -0.4 is 10.6 Å². The molecule has 1 aromatic carbocycles. The molecule has 2 aliphatic rings. The third kappa shape index (κ3) is 6.90. The normalized spacial score (nSPS) is 17.5. The van der Waals surface area contributed by atoms with Crippen molar-refractivity contribution in [3.8, 4) is 0 Å². The van der Waals surface area contributed by atoms with Gasteiger partial charge in [-0.25, -0.2) is 0 Å². The van der Waals surface area contributed by atoms with E-state index >= 15 is 0 Å². The quantitative estimate of drug-likeness (QED) is 0.165. The van der Waals surface area contributed by atoms with Gasteiger partial charge in [0, 0.05) is 38.8 Å². The number of nitrogens with zero attached hydrogens (tertiary/aromatic N) is 3. The summed E-state index contributed by atoms with van der Waals surface area (Å²) in [6, 6.07) is 7.51. The lowest BCUT2D eigenvalue weighted by molar-refractivity contribution is 0.0652. The number of unbranched alkanes of at least 4 members (excludes halogenated alkanes) is 1. The molecule has 2 N–H and O–H groups in total. The highest BCUT2D eigenvalue weighted by Crippen LogP contribution is 2.22. The Kier molecular flexibility index (Phi) is 10.7. The summed E-state index contributed by atoms with van der Waals surface area (Å²) in [4.78, 5) is 33.4. The summed E-state index contributed by atoms with van der Waals surface area (Å²) in [5.41, 5.74) is 1.04. The number of halogens is 1. The molecular formula is C23H36IN5O2. The van der Waals surface area contributed by atoms with E-state index in [-0.39, 0.29) is 35.8 Å². The predicted octanol–water partition coefficient (Wildman–Crippen LogP) is 3.11. The van der Waals surface area contributed by atoms with Crippen molar-refractivity contribution < 1.29 is 9.59 Å². The van der Waals surface area contributed by atoms with Crippen LogP contribution in [-0.4, -0.2) is 72.9 Å². The van der Waals surface area contributed by atoms with Crippen LogP contribution in [0.3, 0.4) is 0 Å². The van der Waals surface area contributed by atoms with E-state index in [1.165, 1.54) is 17.9 Å². The second-order valence-electron chi connectivity index (χ2n) is 8.04. The van der Waals surface area contributed by atoms with Crippen LogP contribution in [0.2, 0.25) is 0 Å². The topological polar surface area (TPSA) is 77.0 Å². The van der Waals surface area contributed by atoms with E-state index in [4.69, 9.17) is 4.99 Å². The molecule has 1 aromatic rings. The van der Waals surface area contributed by atoms with Crippen molar-refractivity contribution in [2.75, 3.05) is 39.3 Å². The summed E-state index contributed by atoms with van der Waals surface area (Å²) in [6.45, 7) is 9.73. The maximum atomic E-state index is 12.4. The third-order valence-electron chi connectivity index (χ3n) is 5.75. The molecule has 0 bridgehead atoms. The second-order valence-corrected chi connectivity index (χ2v) is 8.04. The highest BCUT2D eigenvalue weighted by Gasteiger charge is 2.34. The molecule has 1 saturated heterocycles. The number of guanidine groups is 1. The molecule has 0 unspecified atom stereocenters. The molecule has 0 atom stereocenters. The first-order chi connectivity index (χ1) is 14.6. The van der Waals surface area contributed by atoms with Gasteiger partial charge >= 0.3 is 0 Å². The molecule has 172 valence electrons. The molecule has 2 heterocycles. The van der Waals surface area contributed by atoms with Crippen LogP contribution in [-0.2, 0) is 0 Å². The van der Waals surface area contributed by atoms with Crippen LogP contribution >= 0.6 is 24.0 Å². The van der Waals surface area contributed by atoms with Crippen LogP contribution in [0.15, 0.2) is 29.3 Å². The molecule has 2 aliphatic heterocycles. The molecule has 2 amide bonds. The Morgan fingerprint density at radius 2 is 1.68 bits per heavy atom. The summed E-state index contributed by atoms with van der Waals surface area (Å²) in [6.07, 6.45) is 5.08. The van der Waals surface area contributed by atoms with Crippen molar-refractivity contribution in [2.45, 2.75) is 52.0 Å². The van der Waals surface area contributed by atoms with Gasteiger partial charge in [-0.2, -0.15) is 0 Å². The van der Waals surface area contributed by atoms with Gasteiger partial charge in [0.2, 0.25) is 0 Å². The summed E-state index contributed by atoms with van der Waals surface area (Å²) in [5, 5.41) is 6.90. The minimum atomic E-state index is -0.177. The van der Waals surface area contributed by atoms with Crippen LogP contribution in [0.4, 0.5) is 0 Å². The maximum absolute atomic E-state index is 12.4. The lowest BCUT2D eigenvalue weighted by atomic mass is 10.1. The molecule has 7 nitrogen and oxygen atoms in total.